The number of nitrogens with zero attached hydrogens (tertiary/aromatic N) is 3. The van der Waals surface area contributed by atoms with Gasteiger partial charge in [0, 0.05) is 10.9 Å². The second kappa shape index (κ2) is 5.22. The molecule has 0 aliphatic carbocycles. The highest BCUT2D eigenvalue weighted by atomic mass is 32.2. The summed E-state index contributed by atoms with van der Waals surface area (Å²) >= 11 is 1.38. The van der Waals surface area contributed by atoms with Gasteiger partial charge in [0.1, 0.15) is 5.03 Å². The fourth-order valence-electron chi connectivity index (χ4n) is 1.85. The molecule has 3 rings (SSSR count). The lowest BCUT2D eigenvalue weighted by Crippen LogP contribution is -2.15. The standard InChI is InChI=1S/C13H11N5OS/c14-12(18-19)9-5-6-15-17-13(9)20-11-7-8-3-1-2-4-10(8)16-11/h1-7,16,19H,(H2,14,18). The minimum atomic E-state index is 0.0125. The molecular weight excluding hydrogens is 274 g/mol. The Hall–Kier alpha value is -2.54. The highest BCUT2D eigenvalue weighted by Gasteiger charge is 2.11. The van der Waals surface area contributed by atoms with Gasteiger partial charge >= 0.3 is 0 Å². The maximum absolute atomic E-state index is 8.79. The zero-order valence-electron chi connectivity index (χ0n) is 10.3. The van der Waals surface area contributed by atoms with Crippen LogP contribution in [0.5, 0.6) is 0 Å². The number of benzene rings is 1. The number of amidine groups is 1. The number of aromatic nitrogens is 3. The van der Waals surface area contributed by atoms with Crippen molar-refractivity contribution in [3.8, 4) is 0 Å². The van der Waals surface area contributed by atoms with Crippen LogP contribution in [-0.4, -0.2) is 26.2 Å². The number of H-pyrrole nitrogens is 1. The Morgan fingerprint density at radius 3 is 2.95 bits per heavy atom. The summed E-state index contributed by atoms with van der Waals surface area (Å²) in [5.74, 6) is 0.0125. The van der Waals surface area contributed by atoms with Crippen molar-refractivity contribution in [1.82, 2.24) is 15.2 Å². The number of hydrogen-bond donors (Lipinski definition) is 3. The summed E-state index contributed by atoms with van der Waals surface area (Å²) in [6.45, 7) is 0. The number of hydrogen-bond acceptors (Lipinski definition) is 5. The van der Waals surface area contributed by atoms with Crippen molar-refractivity contribution in [2.24, 2.45) is 10.9 Å². The molecule has 7 heteroatoms. The molecule has 0 radical (unpaired) electrons. The van der Waals surface area contributed by atoms with E-state index < -0.39 is 0 Å². The molecule has 20 heavy (non-hydrogen) atoms. The predicted octanol–water partition coefficient (Wildman–Crippen LogP) is 2.20. The summed E-state index contributed by atoms with van der Waals surface area (Å²) in [6, 6.07) is 11.7. The molecule has 3 aromatic rings. The number of rotatable bonds is 3. The highest BCUT2D eigenvalue weighted by Crippen LogP contribution is 2.30. The molecule has 1 aromatic carbocycles. The van der Waals surface area contributed by atoms with Gasteiger partial charge in [-0.3, -0.25) is 0 Å². The molecule has 0 atom stereocenters. The average molecular weight is 285 g/mol. The molecule has 0 spiro atoms. The zero-order chi connectivity index (χ0) is 13.9. The molecule has 2 heterocycles. The largest absolute Gasteiger partial charge is 0.409 e. The number of aromatic amines is 1. The maximum atomic E-state index is 8.79. The zero-order valence-corrected chi connectivity index (χ0v) is 11.1. The number of para-hydroxylation sites is 1. The van der Waals surface area contributed by atoms with Crippen LogP contribution in [0.2, 0.25) is 0 Å². The van der Waals surface area contributed by atoms with Gasteiger partial charge in [-0.25, -0.2) is 0 Å². The Bertz CT molecular complexity index is 750. The van der Waals surface area contributed by atoms with E-state index in [-0.39, 0.29) is 5.84 Å². The van der Waals surface area contributed by atoms with Crippen molar-refractivity contribution in [1.29, 1.82) is 0 Å². The van der Waals surface area contributed by atoms with E-state index in [4.69, 9.17) is 10.9 Å². The smallest absolute Gasteiger partial charge is 0.172 e. The minimum Gasteiger partial charge on any atom is -0.409 e. The van der Waals surface area contributed by atoms with Gasteiger partial charge in [0.25, 0.3) is 0 Å². The molecule has 0 fully saturated rings. The number of nitrogens with two attached hydrogens (primary N) is 1. The van der Waals surface area contributed by atoms with Crippen molar-refractivity contribution in [2.45, 2.75) is 10.1 Å². The van der Waals surface area contributed by atoms with Gasteiger partial charge in [0.15, 0.2) is 5.84 Å². The Kier molecular flexibility index (Phi) is 3.26. The number of fused-ring (bicyclic) bond motifs is 1. The average Bonchev–Trinajstić information content (AvgIpc) is 2.89. The monoisotopic (exact) mass is 285 g/mol. The van der Waals surface area contributed by atoms with Crippen LogP contribution in [0.4, 0.5) is 0 Å². The summed E-state index contributed by atoms with van der Waals surface area (Å²) in [4.78, 5) is 3.28. The van der Waals surface area contributed by atoms with Crippen molar-refractivity contribution in [3.05, 3.63) is 48.2 Å². The molecule has 0 saturated carbocycles. The SMILES string of the molecule is N/C(=N/O)c1ccnnc1Sc1cc2ccccc2[nH]1. The first-order chi connectivity index (χ1) is 9.78. The van der Waals surface area contributed by atoms with E-state index in [0.717, 1.165) is 15.9 Å². The Morgan fingerprint density at radius 2 is 2.15 bits per heavy atom. The number of oxime groups is 1. The van der Waals surface area contributed by atoms with E-state index in [9.17, 15) is 0 Å². The third kappa shape index (κ3) is 2.30. The molecule has 0 saturated heterocycles. The summed E-state index contributed by atoms with van der Waals surface area (Å²) in [6.07, 6.45) is 1.50. The van der Waals surface area contributed by atoms with Crippen molar-refractivity contribution >= 4 is 28.5 Å². The first kappa shape index (κ1) is 12.5. The van der Waals surface area contributed by atoms with Crippen LogP contribution in [0.3, 0.4) is 0 Å². The van der Waals surface area contributed by atoms with Crippen molar-refractivity contribution < 1.29 is 5.21 Å². The first-order valence-electron chi connectivity index (χ1n) is 5.83. The van der Waals surface area contributed by atoms with Gasteiger partial charge in [-0.1, -0.05) is 23.4 Å². The fraction of sp³-hybridized carbons (Fsp3) is 0. The molecule has 0 aliphatic heterocycles. The second-order valence-electron chi connectivity index (χ2n) is 4.06. The quantitative estimate of drug-likeness (QED) is 0.296. The molecule has 6 nitrogen and oxygen atoms in total. The van der Waals surface area contributed by atoms with Crippen LogP contribution >= 0.6 is 11.8 Å². The lowest BCUT2D eigenvalue weighted by atomic mass is 10.3. The topological polar surface area (TPSA) is 100 Å². The van der Waals surface area contributed by atoms with E-state index in [0.29, 0.717) is 10.6 Å². The van der Waals surface area contributed by atoms with Crippen LogP contribution < -0.4 is 5.73 Å². The van der Waals surface area contributed by atoms with E-state index >= 15 is 0 Å². The van der Waals surface area contributed by atoms with Crippen LogP contribution in [0.1, 0.15) is 5.56 Å². The molecular formula is C13H11N5OS. The van der Waals surface area contributed by atoms with Crippen LogP contribution in [0, 0.1) is 0 Å². The summed E-state index contributed by atoms with van der Waals surface area (Å²) in [7, 11) is 0. The molecule has 2 aromatic heterocycles. The summed E-state index contributed by atoms with van der Waals surface area (Å²) in [5, 5.41) is 22.3. The second-order valence-corrected chi connectivity index (χ2v) is 5.09. The van der Waals surface area contributed by atoms with Crippen LogP contribution in [0.15, 0.2) is 57.8 Å². The van der Waals surface area contributed by atoms with Crippen LogP contribution in [0.25, 0.3) is 10.9 Å². The molecule has 0 bridgehead atoms. The van der Waals surface area contributed by atoms with Gasteiger partial charge in [0.05, 0.1) is 16.8 Å². The molecule has 0 aliphatic rings. The fourth-order valence-corrected chi connectivity index (χ4v) is 2.77. The van der Waals surface area contributed by atoms with E-state index in [2.05, 4.69) is 20.3 Å². The van der Waals surface area contributed by atoms with Crippen LogP contribution in [-0.2, 0) is 0 Å². The normalized spacial score (nSPS) is 11.9. The third-order valence-electron chi connectivity index (χ3n) is 2.78. The van der Waals surface area contributed by atoms with Crippen molar-refractivity contribution in [2.75, 3.05) is 0 Å². The summed E-state index contributed by atoms with van der Waals surface area (Å²) < 4.78 is 0. The summed E-state index contributed by atoms with van der Waals surface area (Å²) in [5.41, 5.74) is 7.23. The maximum Gasteiger partial charge on any atom is 0.172 e. The van der Waals surface area contributed by atoms with Crippen molar-refractivity contribution in [3.63, 3.8) is 0 Å². The highest BCUT2D eigenvalue weighted by molar-refractivity contribution is 7.99. The first-order valence-corrected chi connectivity index (χ1v) is 6.65. The van der Waals surface area contributed by atoms with E-state index in [1.807, 2.05) is 30.3 Å². The van der Waals surface area contributed by atoms with Gasteiger partial charge in [-0.2, -0.15) is 5.10 Å². The molecule has 4 N–H and O–H groups in total. The molecule has 100 valence electrons. The Balaban J connectivity index is 1.99. The number of nitrogens with one attached hydrogen (secondary N) is 1. The molecule has 0 amide bonds. The van der Waals surface area contributed by atoms with Gasteiger partial charge in [-0.05, 0) is 30.0 Å². The van der Waals surface area contributed by atoms with Gasteiger partial charge in [0.2, 0.25) is 0 Å². The molecule has 0 unspecified atom stereocenters. The Labute approximate surface area is 118 Å². The lowest BCUT2D eigenvalue weighted by molar-refractivity contribution is 0.318. The minimum absolute atomic E-state index is 0.0125. The van der Waals surface area contributed by atoms with Gasteiger partial charge < -0.3 is 15.9 Å². The van der Waals surface area contributed by atoms with E-state index in [1.54, 1.807) is 6.07 Å². The Morgan fingerprint density at radius 1 is 1.30 bits per heavy atom. The van der Waals surface area contributed by atoms with E-state index in [1.165, 1.54) is 18.0 Å². The third-order valence-corrected chi connectivity index (χ3v) is 3.72. The lowest BCUT2D eigenvalue weighted by Gasteiger charge is -2.03. The van der Waals surface area contributed by atoms with Gasteiger partial charge in [-0.15, -0.1) is 5.10 Å². The predicted molar refractivity (Wildman–Crippen MR) is 77.0 cm³/mol.